The molecule has 0 rings (SSSR count). The van der Waals surface area contributed by atoms with Crippen LogP contribution in [-0.2, 0) is 28.6 Å². The molecule has 0 heterocycles. The molecular weight excluding hydrogens is 673 g/mol. The lowest BCUT2D eigenvalue weighted by Gasteiger charge is -2.18. The van der Waals surface area contributed by atoms with E-state index in [2.05, 4.69) is 27.7 Å². The highest BCUT2D eigenvalue weighted by atomic mass is 16.6. The van der Waals surface area contributed by atoms with Gasteiger partial charge in [0, 0.05) is 19.3 Å². The van der Waals surface area contributed by atoms with E-state index in [0.717, 1.165) is 70.1 Å². The monoisotopic (exact) mass is 765 g/mol. The molecule has 0 N–H and O–H groups in total. The summed E-state index contributed by atoms with van der Waals surface area (Å²) in [6, 6.07) is 0. The van der Waals surface area contributed by atoms with Crippen LogP contribution in [0.3, 0.4) is 0 Å². The van der Waals surface area contributed by atoms with Crippen molar-refractivity contribution < 1.29 is 28.6 Å². The summed E-state index contributed by atoms with van der Waals surface area (Å²) in [5, 5.41) is 0. The Hall–Kier alpha value is -1.59. The van der Waals surface area contributed by atoms with E-state index in [1.807, 2.05) is 0 Å². The Balaban J connectivity index is 4.10. The van der Waals surface area contributed by atoms with Crippen LogP contribution in [0, 0.1) is 5.92 Å². The lowest BCUT2D eigenvalue weighted by molar-refractivity contribution is -0.167. The molecule has 54 heavy (non-hydrogen) atoms. The van der Waals surface area contributed by atoms with E-state index in [1.54, 1.807) is 0 Å². The topological polar surface area (TPSA) is 78.9 Å². The number of carbonyl (C=O) groups is 3. The maximum atomic E-state index is 12.7. The van der Waals surface area contributed by atoms with Crippen LogP contribution in [0.5, 0.6) is 0 Å². The number of unbranched alkanes of at least 4 members (excludes halogenated alkanes) is 30. The summed E-state index contributed by atoms with van der Waals surface area (Å²) < 4.78 is 16.6. The Kier molecular flexibility index (Phi) is 41.3. The second-order valence-electron chi connectivity index (χ2n) is 16.9. The van der Waals surface area contributed by atoms with E-state index in [-0.39, 0.29) is 31.1 Å². The normalized spacial score (nSPS) is 11.9. The number of rotatable bonds is 43. The summed E-state index contributed by atoms with van der Waals surface area (Å²) in [5.41, 5.74) is 0. The number of hydrogen-bond donors (Lipinski definition) is 0. The van der Waals surface area contributed by atoms with Gasteiger partial charge in [-0.15, -0.1) is 0 Å². The Morgan fingerprint density at radius 2 is 0.611 bits per heavy atom. The Morgan fingerprint density at radius 3 is 0.907 bits per heavy atom. The quantitative estimate of drug-likeness (QED) is 0.0349. The standard InChI is InChI=1S/C48H92O6/c1-5-7-9-11-12-13-14-22-26-29-33-37-41-48(51)54-45(42-52-46(49)39-35-30-10-8-6-2)43-53-47(50)40-36-32-28-25-23-20-18-16-15-17-19-21-24-27-31-34-38-44(3)4/h44-45H,5-43H2,1-4H3/t45-/m1/s1. The van der Waals surface area contributed by atoms with Crippen molar-refractivity contribution in [2.45, 2.75) is 271 Å². The molecule has 0 aromatic heterocycles. The molecule has 0 aromatic carbocycles. The average molecular weight is 765 g/mol. The van der Waals surface area contributed by atoms with Gasteiger partial charge in [0.1, 0.15) is 13.2 Å². The number of carbonyl (C=O) groups excluding carboxylic acids is 3. The van der Waals surface area contributed by atoms with Gasteiger partial charge in [0.15, 0.2) is 6.10 Å². The first-order chi connectivity index (χ1) is 26.4. The third-order valence-corrected chi connectivity index (χ3v) is 10.8. The van der Waals surface area contributed by atoms with Gasteiger partial charge in [-0.1, -0.05) is 227 Å². The Bertz CT molecular complexity index is 811. The van der Waals surface area contributed by atoms with Crippen molar-refractivity contribution in [3.63, 3.8) is 0 Å². The van der Waals surface area contributed by atoms with E-state index in [1.165, 1.54) is 154 Å². The fourth-order valence-corrected chi connectivity index (χ4v) is 7.16. The fraction of sp³-hybridized carbons (Fsp3) is 0.938. The van der Waals surface area contributed by atoms with E-state index in [4.69, 9.17) is 14.2 Å². The summed E-state index contributed by atoms with van der Waals surface area (Å²) in [7, 11) is 0. The average Bonchev–Trinajstić information content (AvgIpc) is 3.15. The highest BCUT2D eigenvalue weighted by molar-refractivity contribution is 5.71. The van der Waals surface area contributed by atoms with Crippen molar-refractivity contribution in [2.75, 3.05) is 13.2 Å². The van der Waals surface area contributed by atoms with Crippen LogP contribution < -0.4 is 0 Å². The molecule has 0 saturated carbocycles. The van der Waals surface area contributed by atoms with Crippen molar-refractivity contribution in [1.82, 2.24) is 0 Å². The molecule has 6 heteroatoms. The highest BCUT2D eigenvalue weighted by Gasteiger charge is 2.19. The van der Waals surface area contributed by atoms with Gasteiger partial charge in [-0.25, -0.2) is 0 Å². The largest absolute Gasteiger partial charge is 0.462 e. The third kappa shape index (κ3) is 41.6. The van der Waals surface area contributed by atoms with Gasteiger partial charge in [-0.05, 0) is 25.2 Å². The predicted octanol–water partition coefficient (Wildman–Crippen LogP) is 15.1. The van der Waals surface area contributed by atoms with Gasteiger partial charge < -0.3 is 14.2 Å². The molecular formula is C48H92O6. The minimum Gasteiger partial charge on any atom is -0.462 e. The maximum absolute atomic E-state index is 12.7. The maximum Gasteiger partial charge on any atom is 0.306 e. The van der Waals surface area contributed by atoms with Crippen LogP contribution in [-0.4, -0.2) is 37.2 Å². The molecule has 0 aromatic rings. The number of hydrogen-bond acceptors (Lipinski definition) is 6. The van der Waals surface area contributed by atoms with E-state index in [0.29, 0.717) is 19.3 Å². The third-order valence-electron chi connectivity index (χ3n) is 10.8. The summed E-state index contributed by atoms with van der Waals surface area (Å²) in [5.74, 6) is -0.0120. The molecule has 1 atom stereocenters. The first-order valence-electron chi connectivity index (χ1n) is 23.9. The first-order valence-corrected chi connectivity index (χ1v) is 23.9. The van der Waals surface area contributed by atoms with Crippen LogP contribution in [0.4, 0.5) is 0 Å². The lowest BCUT2D eigenvalue weighted by Crippen LogP contribution is -2.30. The lowest BCUT2D eigenvalue weighted by atomic mass is 10.0. The molecule has 0 fully saturated rings. The number of ether oxygens (including phenoxy) is 3. The second kappa shape index (κ2) is 42.6. The van der Waals surface area contributed by atoms with Crippen LogP contribution in [0.25, 0.3) is 0 Å². The Morgan fingerprint density at radius 1 is 0.352 bits per heavy atom. The predicted molar refractivity (Wildman–Crippen MR) is 229 cm³/mol. The molecule has 6 nitrogen and oxygen atoms in total. The van der Waals surface area contributed by atoms with Crippen LogP contribution in [0.1, 0.15) is 265 Å². The van der Waals surface area contributed by atoms with Gasteiger partial charge in [-0.2, -0.15) is 0 Å². The van der Waals surface area contributed by atoms with Crippen molar-refractivity contribution >= 4 is 17.9 Å². The second-order valence-corrected chi connectivity index (χ2v) is 16.9. The summed E-state index contributed by atoms with van der Waals surface area (Å²) in [4.78, 5) is 37.5. The van der Waals surface area contributed by atoms with E-state index < -0.39 is 6.10 Å². The molecule has 0 aliphatic rings. The minimum absolute atomic E-state index is 0.0642. The molecule has 0 spiro atoms. The first kappa shape index (κ1) is 52.4. The highest BCUT2D eigenvalue weighted by Crippen LogP contribution is 2.17. The summed E-state index contributed by atoms with van der Waals surface area (Å²) in [6.45, 7) is 8.94. The van der Waals surface area contributed by atoms with E-state index >= 15 is 0 Å². The van der Waals surface area contributed by atoms with Gasteiger partial charge in [0.05, 0.1) is 0 Å². The van der Waals surface area contributed by atoms with Crippen molar-refractivity contribution in [3.8, 4) is 0 Å². The van der Waals surface area contributed by atoms with Crippen LogP contribution >= 0.6 is 0 Å². The van der Waals surface area contributed by atoms with Crippen LogP contribution in [0.2, 0.25) is 0 Å². The van der Waals surface area contributed by atoms with Gasteiger partial charge >= 0.3 is 17.9 Å². The smallest absolute Gasteiger partial charge is 0.306 e. The molecule has 0 aliphatic heterocycles. The fourth-order valence-electron chi connectivity index (χ4n) is 7.16. The Labute approximate surface area is 336 Å². The zero-order chi connectivity index (χ0) is 39.6. The molecule has 0 bridgehead atoms. The summed E-state index contributed by atoms with van der Waals surface area (Å²) in [6.07, 6.45) is 42.6. The summed E-state index contributed by atoms with van der Waals surface area (Å²) >= 11 is 0. The molecule has 320 valence electrons. The zero-order valence-electron chi connectivity index (χ0n) is 36.7. The number of esters is 3. The SMILES string of the molecule is CCCCCCCCCCCCCCC(=O)O[C@H](COC(=O)CCCCCCC)COC(=O)CCCCCCCCCCCCCCCCCCC(C)C. The van der Waals surface area contributed by atoms with Gasteiger partial charge in [0.2, 0.25) is 0 Å². The molecule has 0 saturated heterocycles. The van der Waals surface area contributed by atoms with Crippen molar-refractivity contribution in [3.05, 3.63) is 0 Å². The molecule has 0 unspecified atom stereocenters. The molecule has 0 radical (unpaired) electrons. The minimum atomic E-state index is -0.757. The van der Waals surface area contributed by atoms with Crippen molar-refractivity contribution in [1.29, 1.82) is 0 Å². The van der Waals surface area contributed by atoms with Crippen LogP contribution in [0.15, 0.2) is 0 Å². The van der Waals surface area contributed by atoms with Crippen molar-refractivity contribution in [2.24, 2.45) is 5.92 Å². The molecule has 0 aliphatic carbocycles. The zero-order valence-corrected chi connectivity index (χ0v) is 36.7. The van der Waals surface area contributed by atoms with Gasteiger partial charge in [0.25, 0.3) is 0 Å². The molecule has 0 amide bonds. The van der Waals surface area contributed by atoms with Gasteiger partial charge in [-0.3, -0.25) is 14.4 Å². The van der Waals surface area contributed by atoms with E-state index in [9.17, 15) is 14.4 Å².